The summed E-state index contributed by atoms with van der Waals surface area (Å²) in [5, 5.41) is 7.36. The lowest BCUT2D eigenvalue weighted by molar-refractivity contribution is 0.0124. The van der Waals surface area contributed by atoms with Gasteiger partial charge in [-0.05, 0) is 38.3 Å². The van der Waals surface area contributed by atoms with Crippen LogP contribution in [0, 0.1) is 6.92 Å². The molecule has 2 N–H and O–H groups in total. The van der Waals surface area contributed by atoms with Gasteiger partial charge >= 0.3 is 0 Å². The highest BCUT2D eigenvalue weighted by molar-refractivity contribution is 14.0. The predicted molar refractivity (Wildman–Crippen MR) is 133 cm³/mol. The van der Waals surface area contributed by atoms with E-state index in [1.165, 1.54) is 0 Å². The van der Waals surface area contributed by atoms with Crippen molar-refractivity contribution < 1.29 is 13.4 Å². The van der Waals surface area contributed by atoms with Gasteiger partial charge in [0.05, 0.1) is 19.3 Å². The van der Waals surface area contributed by atoms with E-state index in [0.29, 0.717) is 17.8 Å². The van der Waals surface area contributed by atoms with Crippen molar-refractivity contribution in [3.63, 3.8) is 0 Å². The Hall–Kier alpha value is -0.650. The van der Waals surface area contributed by atoms with Gasteiger partial charge in [-0.1, -0.05) is 13.3 Å². The Balaban J connectivity index is 0.00000320. The minimum absolute atomic E-state index is 0. The zero-order valence-electron chi connectivity index (χ0n) is 18.4. The molecule has 0 aromatic carbocycles. The normalized spacial score (nSPS) is 25.2. The van der Waals surface area contributed by atoms with Crippen molar-refractivity contribution in [2.24, 2.45) is 4.99 Å². The van der Waals surface area contributed by atoms with Crippen molar-refractivity contribution in [2.75, 3.05) is 45.6 Å². The number of halogens is 1. The van der Waals surface area contributed by atoms with Crippen LogP contribution in [0.2, 0.25) is 0 Å². The molecule has 2 heterocycles. The molecule has 2 aliphatic rings. The number of aliphatic imine (C=N–C) groups is 1. The van der Waals surface area contributed by atoms with Crippen LogP contribution in [0.25, 0.3) is 0 Å². The van der Waals surface area contributed by atoms with E-state index in [4.69, 9.17) is 9.15 Å². The van der Waals surface area contributed by atoms with Crippen molar-refractivity contribution >= 4 is 40.7 Å². The third kappa shape index (κ3) is 7.20. The number of ether oxygens (including phenoxy) is 1. The van der Waals surface area contributed by atoms with Crippen LogP contribution in [0.3, 0.4) is 0 Å². The van der Waals surface area contributed by atoms with Gasteiger partial charge in [0.2, 0.25) is 0 Å². The minimum atomic E-state index is -0.719. The highest BCUT2D eigenvalue weighted by Gasteiger charge is 2.28. The molecule has 1 aromatic heterocycles. The lowest BCUT2D eigenvalue weighted by Gasteiger charge is -2.34. The van der Waals surface area contributed by atoms with Gasteiger partial charge in [0, 0.05) is 54.5 Å². The number of hydrogen-bond donors (Lipinski definition) is 2. The van der Waals surface area contributed by atoms with E-state index in [0.717, 1.165) is 75.2 Å². The molecule has 1 aliphatic carbocycles. The maximum Gasteiger partial charge on any atom is 0.191 e. The summed E-state index contributed by atoms with van der Waals surface area (Å²) in [5.74, 6) is 3.45. The molecule has 172 valence electrons. The van der Waals surface area contributed by atoms with Gasteiger partial charge < -0.3 is 19.8 Å². The van der Waals surface area contributed by atoms with Crippen LogP contribution in [0.15, 0.2) is 21.5 Å². The predicted octanol–water partition coefficient (Wildman–Crippen LogP) is 2.82. The van der Waals surface area contributed by atoms with Crippen LogP contribution < -0.4 is 10.6 Å². The topological polar surface area (TPSA) is 79.1 Å². The number of nitrogens with one attached hydrogen (secondary N) is 2. The molecule has 4 atom stereocenters. The van der Waals surface area contributed by atoms with Crippen molar-refractivity contribution in [1.29, 1.82) is 0 Å². The van der Waals surface area contributed by atoms with Crippen LogP contribution in [-0.4, -0.2) is 72.0 Å². The number of nitrogens with zero attached hydrogens (tertiary/aromatic N) is 2. The molecule has 0 amide bonds. The van der Waals surface area contributed by atoms with Gasteiger partial charge in [-0.15, -0.1) is 24.0 Å². The molecule has 1 saturated carbocycles. The van der Waals surface area contributed by atoms with Gasteiger partial charge in [0.15, 0.2) is 5.96 Å². The summed E-state index contributed by atoms with van der Waals surface area (Å²) in [6, 6.07) is 4.55. The van der Waals surface area contributed by atoms with Crippen molar-refractivity contribution in [1.82, 2.24) is 15.5 Å². The molecular weight excluding hydrogens is 515 g/mol. The van der Waals surface area contributed by atoms with Crippen LogP contribution in [0.4, 0.5) is 0 Å². The first-order valence-electron chi connectivity index (χ1n) is 10.8. The lowest BCUT2D eigenvalue weighted by atomic mass is 9.95. The smallest absolute Gasteiger partial charge is 0.191 e. The number of hydrogen-bond acceptors (Lipinski definition) is 5. The first kappa shape index (κ1) is 25.6. The molecule has 3 rings (SSSR count). The van der Waals surface area contributed by atoms with Gasteiger partial charge in [-0.25, -0.2) is 0 Å². The number of furan rings is 1. The van der Waals surface area contributed by atoms with Crippen molar-refractivity contribution in [3.8, 4) is 0 Å². The number of guanidine groups is 1. The van der Waals surface area contributed by atoms with E-state index in [9.17, 15) is 4.21 Å². The lowest BCUT2D eigenvalue weighted by Crippen LogP contribution is -2.49. The van der Waals surface area contributed by atoms with E-state index < -0.39 is 10.8 Å². The third-order valence-corrected chi connectivity index (χ3v) is 7.63. The Morgan fingerprint density at radius 1 is 1.33 bits per heavy atom. The Kier molecular flexibility index (Phi) is 11.1. The minimum Gasteiger partial charge on any atom is -0.465 e. The fraction of sp³-hybridized carbons (Fsp3) is 0.762. The zero-order valence-corrected chi connectivity index (χ0v) is 21.5. The maximum atomic E-state index is 12.2. The molecule has 4 unspecified atom stereocenters. The molecule has 9 heteroatoms. The fourth-order valence-electron chi connectivity index (χ4n) is 4.26. The standard InChI is InChI=1S/C21H36N4O3S.HI/c1-4-29(26)18-7-5-6-17(14-18)24-21(22-3)23-15-19(20-9-8-16(2)28-20)25-10-12-27-13-11-25;/h8-9,17-19H,4-7,10-15H2,1-3H3,(H2,22,23,24);1H. The molecule has 30 heavy (non-hydrogen) atoms. The van der Waals surface area contributed by atoms with Gasteiger partial charge in [0.1, 0.15) is 11.5 Å². The van der Waals surface area contributed by atoms with Gasteiger partial charge in [-0.3, -0.25) is 14.1 Å². The molecule has 0 radical (unpaired) electrons. The first-order valence-corrected chi connectivity index (χ1v) is 12.2. The van der Waals surface area contributed by atoms with E-state index in [2.05, 4.69) is 26.6 Å². The van der Waals surface area contributed by atoms with E-state index in [1.807, 2.05) is 19.9 Å². The Labute approximate surface area is 200 Å². The van der Waals surface area contributed by atoms with E-state index in [1.54, 1.807) is 7.05 Å². The largest absolute Gasteiger partial charge is 0.465 e. The Bertz CT molecular complexity index is 694. The monoisotopic (exact) mass is 552 g/mol. The summed E-state index contributed by atoms with van der Waals surface area (Å²) in [6.07, 6.45) is 4.24. The highest BCUT2D eigenvalue weighted by atomic mass is 127. The van der Waals surface area contributed by atoms with Crippen LogP contribution >= 0.6 is 24.0 Å². The highest BCUT2D eigenvalue weighted by Crippen LogP contribution is 2.24. The molecule has 7 nitrogen and oxygen atoms in total. The quantitative estimate of drug-likeness (QED) is 0.308. The number of rotatable bonds is 7. The summed E-state index contributed by atoms with van der Waals surface area (Å²) >= 11 is 0. The number of aryl methyl sites for hydroxylation is 1. The maximum absolute atomic E-state index is 12.2. The summed E-state index contributed by atoms with van der Waals surface area (Å²) in [6.45, 7) is 7.99. The van der Waals surface area contributed by atoms with Crippen LogP contribution in [0.5, 0.6) is 0 Å². The molecule has 1 aromatic rings. The van der Waals surface area contributed by atoms with Crippen molar-refractivity contribution in [3.05, 3.63) is 23.7 Å². The van der Waals surface area contributed by atoms with E-state index in [-0.39, 0.29) is 30.0 Å². The third-order valence-electron chi connectivity index (χ3n) is 5.89. The van der Waals surface area contributed by atoms with Crippen molar-refractivity contribution in [2.45, 2.75) is 56.9 Å². The Morgan fingerprint density at radius 3 is 2.73 bits per heavy atom. The summed E-state index contributed by atoms with van der Waals surface area (Å²) in [7, 11) is 1.09. The second-order valence-electron chi connectivity index (χ2n) is 7.86. The average Bonchev–Trinajstić information content (AvgIpc) is 3.19. The summed E-state index contributed by atoms with van der Waals surface area (Å²) < 4.78 is 23.7. The van der Waals surface area contributed by atoms with Crippen LogP contribution in [0.1, 0.15) is 50.2 Å². The van der Waals surface area contributed by atoms with Gasteiger partial charge in [0.25, 0.3) is 0 Å². The second-order valence-corrected chi connectivity index (χ2v) is 9.87. The Morgan fingerprint density at radius 2 is 2.10 bits per heavy atom. The van der Waals surface area contributed by atoms with Gasteiger partial charge in [-0.2, -0.15) is 0 Å². The zero-order chi connectivity index (χ0) is 20.6. The summed E-state index contributed by atoms with van der Waals surface area (Å²) in [4.78, 5) is 6.84. The molecule has 0 bridgehead atoms. The fourth-order valence-corrected chi connectivity index (χ4v) is 5.61. The molecule has 1 aliphatic heterocycles. The molecule has 1 saturated heterocycles. The first-order chi connectivity index (χ1) is 14.1. The van der Waals surface area contributed by atoms with E-state index >= 15 is 0 Å². The number of morpholine rings is 1. The summed E-state index contributed by atoms with van der Waals surface area (Å²) in [5.41, 5.74) is 0. The molecule has 0 spiro atoms. The van der Waals surface area contributed by atoms with Crippen LogP contribution in [-0.2, 0) is 15.5 Å². The second kappa shape index (κ2) is 13.0. The SMILES string of the molecule is CCS(=O)C1CCCC(NC(=NC)NCC(c2ccc(C)o2)N2CCOCC2)C1.I. The molecular formula is C21H37IN4O3S. The average molecular weight is 553 g/mol. The molecule has 2 fully saturated rings.